The molecule has 2 unspecified atom stereocenters. The predicted octanol–water partition coefficient (Wildman–Crippen LogP) is 1.07. The minimum atomic E-state index is -2.91. The summed E-state index contributed by atoms with van der Waals surface area (Å²) in [4.78, 5) is 0. The third-order valence-corrected chi connectivity index (χ3v) is 3.59. The van der Waals surface area contributed by atoms with Crippen LogP contribution in [0.2, 0.25) is 0 Å². The van der Waals surface area contributed by atoms with E-state index in [9.17, 15) is 8.42 Å². The monoisotopic (exact) mass is 251 g/mol. The van der Waals surface area contributed by atoms with Crippen molar-refractivity contribution >= 4 is 9.84 Å². The molecule has 4 nitrogen and oxygen atoms in total. The second-order valence-electron chi connectivity index (χ2n) is 4.79. The van der Waals surface area contributed by atoms with Gasteiger partial charge >= 0.3 is 0 Å². The minimum Gasteiger partial charge on any atom is -0.385 e. The smallest absolute Gasteiger partial charge is 0.148 e. The van der Waals surface area contributed by atoms with Gasteiger partial charge in [-0.15, -0.1) is 0 Å². The SMILES string of the molecule is COCCC(NC(C)CS(C)(=O)=O)C(C)C. The predicted molar refractivity (Wildman–Crippen MR) is 67.4 cm³/mol. The lowest BCUT2D eigenvalue weighted by Crippen LogP contribution is -2.43. The molecule has 0 amide bonds. The fraction of sp³-hybridized carbons (Fsp3) is 1.00. The summed E-state index contributed by atoms with van der Waals surface area (Å²) >= 11 is 0. The lowest BCUT2D eigenvalue weighted by Gasteiger charge is -2.26. The summed E-state index contributed by atoms with van der Waals surface area (Å²) in [6.45, 7) is 6.85. The molecule has 0 aromatic heterocycles. The van der Waals surface area contributed by atoms with Gasteiger partial charge in [-0.25, -0.2) is 8.42 Å². The maximum absolute atomic E-state index is 11.1. The van der Waals surface area contributed by atoms with E-state index in [-0.39, 0.29) is 11.8 Å². The summed E-state index contributed by atoms with van der Waals surface area (Å²) in [6.07, 6.45) is 2.17. The molecule has 0 aromatic carbocycles. The first kappa shape index (κ1) is 15.9. The van der Waals surface area contributed by atoms with Crippen LogP contribution in [0.15, 0.2) is 0 Å². The topological polar surface area (TPSA) is 55.4 Å². The van der Waals surface area contributed by atoms with Crippen molar-refractivity contribution in [2.45, 2.75) is 39.3 Å². The lowest BCUT2D eigenvalue weighted by atomic mass is 10.0. The highest BCUT2D eigenvalue weighted by Gasteiger charge is 2.18. The second kappa shape index (κ2) is 7.25. The molecule has 0 saturated heterocycles. The minimum absolute atomic E-state index is 0.0146. The first-order chi connectivity index (χ1) is 7.26. The largest absolute Gasteiger partial charge is 0.385 e. The zero-order chi connectivity index (χ0) is 12.8. The molecule has 0 heterocycles. The third kappa shape index (κ3) is 8.07. The van der Waals surface area contributed by atoms with Crippen LogP contribution in [0, 0.1) is 5.92 Å². The Labute approximate surface area is 99.7 Å². The van der Waals surface area contributed by atoms with Crippen LogP contribution in [0.25, 0.3) is 0 Å². The second-order valence-corrected chi connectivity index (χ2v) is 6.98. The molecule has 5 heteroatoms. The van der Waals surface area contributed by atoms with E-state index >= 15 is 0 Å². The van der Waals surface area contributed by atoms with E-state index in [2.05, 4.69) is 19.2 Å². The summed E-state index contributed by atoms with van der Waals surface area (Å²) < 4.78 is 27.3. The average molecular weight is 251 g/mol. The van der Waals surface area contributed by atoms with E-state index in [1.807, 2.05) is 6.92 Å². The van der Waals surface area contributed by atoms with Gasteiger partial charge in [-0.3, -0.25) is 0 Å². The van der Waals surface area contributed by atoms with Gasteiger partial charge in [-0.1, -0.05) is 13.8 Å². The van der Waals surface area contributed by atoms with Crippen LogP contribution >= 0.6 is 0 Å². The Morgan fingerprint density at radius 3 is 2.19 bits per heavy atom. The molecule has 0 fully saturated rings. The van der Waals surface area contributed by atoms with Crippen LogP contribution in [-0.2, 0) is 14.6 Å². The lowest BCUT2D eigenvalue weighted by molar-refractivity contribution is 0.171. The van der Waals surface area contributed by atoms with Crippen LogP contribution in [0.1, 0.15) is 27.2 Å². The highest BCUT2D eigenvalue weighted by molar-refractivity contribution is 7.90. The Bertz CT molecular complexity index is 275. The van der Waals surface area contributed by atoms with Crippen LogP contribution in [0.5, 0.6) is 0 Å². The highest BCUT2D eigenvalue weighted by Crippen LogP contribution is 2.08. The summed E-state index contributed by atoms with van der Waals surface area (Å²) in [5.74, 6) is 0.653. The Morgan fingerprint density at radius 1 is 1.25 bits per heavy atom. The maximum Gasteiger partial charge on any atom is 0.148 e. The number of ether oxygens (including phenoxy) is 1. The van der Waals surface area contributed by atoms with Gasteiger partial charge in [0.25, 0.3) is 0 Å². The van der Waals surface area contributed by atoms with Gasteiger partial charge in [0.2, 0.25) is 0 Å². The summed E-state index contributed by atoms with van der Waals surface area (Å²) in [5, 5.41) is 3.35. The Kier molecular flexibility index (Phi) is 7.19. The van der Waals surface area contributed by atoms with Gasteiger partial charge in [-0.05, 0) is 19.3 Å². The van der Waals surface area contributed by atoms with E-state index in [0.29, 0.717) is 18.6 Å². The molecule has 0 spiro atoms. The third-order valence-electron chi connectivity index (χ3n) is 2.49. The molecule has 98 valence electrons. The van der Waals surface area contributed by atoms with Crippen LogP contribution < -0.4 is 5.32 Å². The molecular weight excluding hydrogens is 226 g/mol. The van der Waals surface area contributed by atoms with Crippen molar-refractivity contribution in [1.29, 1.82) is 0 Å². The first-order valence-electron chi connectivity index (χ1n) is 5.69. The van der Waals surface area contributed by atoms with Gasteiger partial charge in [-0.2, -0.15) is 0 Å². The van der Waals surface area contributed by atoms with Crippen molar-refractivity contribution in [3.8, 4) is 0 Å². The number of methoxy groups -OCH3 is 1. The molecule has 1 N–H and O–H groups in total. The van der Waals surface area contributed by atoms with Crippen LogP contribution in [-0.4, -0.2) is 46.2 Å². The zero-order valence-corrected chi connectivity index (χ0v) is 11.8. The number of sulfone groups is 1. The van der Waals surface area contributed by atoms with Gasteiger partial charge in [0, 0.05) is 32.1 Å². The Balaban J connectivity index is 4.18. The molecule has 0 aliphatic rings. The molecule has 16 heavy (non-hydrogen) atoms. The molecule has 0 aliphatic carbocycles. The Morgan fingerprint density at radius 2 is 1.81 bits per heavy atom. The summed E-state index contributed by atoms with van der Waals surface area (Å²) in [7, 11) is -1.23. The van der Waals surface area contributed by atoms with Crippen molar-refractivity contribution in [3.05, 3.63) is 0 Å². The van der Waals surface area contributed by atoms with Crippen molar-refractivity contribution in [2.24, 2.45) is 5.92 Å². The fourth-order valence-corrected chi connectivity index (χ4v) is 2.73. The van der Waals surface area contributed by atoms with Crippen molar-refractivity contribution in [2.75, 3.05) is 25.7 Å². The Hall–Kier alpha value is -0.130. The van der Waals surface area contributed by atoms with Gasteiger partial charge in [0.1, 0.15) is 9.84 Å². The molecule has 0 aliphatic heterocycles. The van der Waals surface area contributed by atoms with Crippen LogP contribution in [0.4, 0.5) is 0 Å². The zero-order valence-electron chi connectivity index (χ0n) is 11.0. The summed E-state index contributed by atoms with van der Waals surface area (Å²) in [5.41, 5.74) is 0. The highest BCUT2D eigenvalue weighted by atomic mass is 32.2. The number of hydrogen-bond donors (Lipinski definition) is 1. The molecule has 0 aromatic rings. The van der Waals surface area contributed by atoms with E-state index < -0.39 is 9.84 Å². The molecule has 0 radical (unpaired) electrons. The number of nitrogens with one attached hydrogen (secondary N) is 1. The molecule has 0 saturated carbocycles. The van der Waals surface area contributed by atoms with Crippen LogP contribution in [0.3, 0.4) is 0 Å². The molecule has 2 atom stereocenters. The molecular formula is C11H25NO3S. The fourth-order valence-electron chi connectivity index (χ4n) is 1.72. The van der Waals surface area contributed by atoms with E-state index in [1.54, 1.807) is 7.11 Å². The van der Waals surface area contributed by atoms with E-state index in [4.69, 9.17) is 4.74 Å². The number of hydrogen-bond acceptors (Lipinski definition) is 4. The van der Waals surface area contributed by atoms with Crippen molar-refractivity contribution < 1.29 is 13.2 Å². The molecule has 0 bridgehead atoms. The van der Waals surface area contributed by atoms with E-state index in [1.165, 1.54) is 6.26 Å². The maximum atomic E-state index is 11.1. The van der Waals surface area contributed by atoms with Crippen molar-refractivity contribution in [3.63, 3.8) is 0 Å². The quantitative estimate of drug-likeness (QED) is 0.701. The van der Waals surface area contributed by atoms with Gasteiger partial charge in [0.05, 0.1) is 5.75 Å². The van der Waals surface area contributed by atoms with Crippen molar-refractivity contribution in [1.82, 2.24) is 5.32 Å². The van der Waals surface area contributed by atoms with E-state index in [0.717, 1.165) is 6.42 Å². The summed E-state index contributed by atoms with van der Waals surface area (Å²) in [6, 6.07) is 0.288. The average Bonchev–Trinajstić information content (AvgIpc) is 2.08. The van der Waals surface area contributed by atoms with Gasteiger partial charge < -0.3 is 10.1 Å². The molecule has 0 rings (SSSR count). The normalized spacial score (nSPS) is 16.4. The first-order valence-corrected chi connectivity index (χ1v) is 7.75. The van der Waals surface area contributed by atoms with Gasteiger partial charge in [0.15, 0.2) is 0 Å². The number of rotatable bonds is 8. The standard InChI is InChI=1S/C11H25NO3S/c1-9(2)11(6-7-15-4)12-10(3)8-16(5,13)14/h9-12H,6-8H2,1-5H3.